The molecule has 1 fully saturated rings. The van der Waals surface area contributed by atoms with Crippen molar-refractivity contribution in [1.29, 1.82) is 0 Å². The summed E-state index contributed by atoms with van der Waals surface area (Å²) in [4.78, 5) is 60.1. The minimum Gasteiger partial charge on any atom is -0.724 e. The summed E-state index contributed by atoms with van der Waals surface area (Å²) in [6, 6.07) is 3.26. The Hall–Kier alpha value is -5.24. The average Bonchev–Trinajstić information content (AvgIpc) is 3.71. The number of thiazole rings is 1. The van der Waals surface area contributed by atoms with Crippen LogP contribution in [-0.2, 0) is 45.2 Å². The van der Waals surface area contributed by atoms with Crippen molar-refractivity contribution in [2.45, 2.75) is 51.1 Å². The lowest BCUT2D eigenvalue weighted by molar-refractivity contribution is -0.696. The topological polar surface area (TPSA) is 296 Å². The number of hydrogen-bond acceptors (Lipinski definition) is 16. The zero-order valence-corrected chi connectivity index (χ0v) is 28.6. The first-order chi connectivity index (χ1) is 24.1. The molecule has 4 heterocycles. The lowest BCUT2D eigenvalue weighted by atomic mass is 9.74. The molecular weight excluding hydrogens is 749 g/mol. The Labute approximate surface area is 295 Å². The minimum atomic E-state index is -5.24. The number of carbonyl (C=O) groups is 4. The van der Waals surface area contributed by atoms with Crippen molar-refractivity contribution in [3.05, 3.63) is 48.1 Å². The molecule has 52 heavy (non-hydrogen) atoms. The number of nitrogens with zero attached hydrogens (tertiary/aromatic N) is 6. The van der Waals surface area contributed by atoms with E-state index in [4.69, 9.17) is 30.9 Å². The summed E-state index contributed by atoms with van der Waals surface area (Å²) in [6.45, 7) is 3.59. The van der Waals surface area contributed by atoms with Crippen molar-refractivity contribution in [1.82, 2.24) is 19.6 Å². The molecule has 1 amide bonds. The number of ether oxygens (including phenoxy) is 1. The maximum absolute atomic E-state index is 13.3. The molecule has 2 atom stereocenters. The maximum atomic E-state index is 13.3. The normalized spacial score (nSPS) is 16.3. The number of aromatic nitrogens is 4. The van der Waals surface area contributed by atoms with Gasteiger partial charge in [0.2, 0.25) is 22.5 Å². The van der Waals surface area contributed by atoms with E-state index in [0.29, 0.717) is 17.4 Å². The lowest BCUT2D eigenvalue weighted by Crippen LogP contribution is -2.68. The number of anilines is 1. The predicted octanol–water partition coefficient (Wildman–Crippen LogP) is 0.0215. The van der Waals surface area contributed by atoms with Gasteiger partial charge in [-0.2, -0.15) is 27.1 Å². The van der Waals surface area contributed by atoms with Crippen LogP contribution in [0.1, 0.15) is 32.4 Å². The first-order valence-electron chi connectivity index (χ1n) is 14.5. The monoisotopic (exact) mass is 780 g/mol. The Morgan fingerprint density at radius 2 is 1.92 bits per heavy atom. The van der Waals surface area contributed by atoms with E-state index >= 15 is 0 Å². The number of hydroxylamine groups is 2. The standard InChI is InChI=1S/C25H30N8O10S2.C2HF3O2/c1-25(2)16(22(35)33(25)43-45(38,39)40)10-18(34)21(17-13-44-24(27)29-17)30-42-19(23(36)37)12-41-15-4-5-20(28-11-15)32-9-8-31(14-32)7-3-6-26;3-2(4,5)1(6)7/h4-5,8-9,11,13-14,16,19H,3,6-7,10,12,26H2,1-2H3,(H3-,27,29,36,37,38,39,40);(H,6,7)/b30-21-;/t16-,19?;/m1./s1. The van der Waals surface area contributed by atoms with Crippen LogP contribution in [0.2, 0.25) is 0 Å². The quantitative estimate of drug-likeness (QED) is 0.0372. The number of aliphatic carboxylic acids is 2. The number of rotatable bonds is 16. The third-order valence-electron chi connectivity index (χ3n) is 6.95. The molecule has 0 aromatic carbocycles. The largest absolute Gasteiger partial charge is 0.724 e. The Morgan fingerprint density at radius 3 is 2.42 bits per heavy atom. The first kappa shape index (κ1) is 41.2. The van der Waals surface area contributed by atoms with Gasteiger partial charge in [-0.05, 0) is 32.9 Å². The Bertz CT molecular complexity index is 1900. The van der Waals surface area contributed by atoms with E-state index in [1.807, 2.05) is 23.3 Å². The second kappa shape index (κ2) is 16.9. The first-order valence-corrected chi connectivity index (χ1v) is 16.7. The second-order valence-corrected chi connectivity index (χ2v) is 12.9. The van der Waals surface area contributed by atoms with E-state index in [1.165, 1.54) is 25.4 Å². The fourth-order valence-electron chi connectivity index (χ4n) is 4.26. The molecule has 0 bridgehead atoms. The van der Waals surface area contributed by atoms with E-state index in [-0.39, 0.29) is 16.6 Å². The van der Waals surface area contributed by atoms with Crippen molar-refractivity contribution >= 4 is 56.2 Å². The fraction of sp³-hybridized carbons (Fsp3) is 0.407. The van der Waals surface area contributed by atoms with Crippen LogP contribution in [0.5, 0.6) is 5.75 Å². The number of carbonyl (C=O) groups excluding carboxylic acids is 2. The van der Waals surface area contributed by atoms with Gasteiger partial charge in [-0.15, -0.1) is 11.3 Å². The van der Waals surface area contributed by atoms with Crippen LogP contribution in [0.15, 0.2) is 47.6 Å². The van der Waals surface area contributed by atoms with Crippen LogP contribution in [-0.4, -0.2) is 103 Å². The van der Waals surface area contributed by atoms with Crippen molar-refractivity contribution in [3.63, 3.8) is 0 Å². The smallest absolute Gasteiger partial charge is 0.490 e. The number of ketones is 1. The molecule has 1 aliphatic rings. The number of halogens is 3. The summed E-state index contributed by atoms with van der Waals surface area (Å²) in [7, 11) is -5.24. The second-order valence-electron chi connectivity index (χ2n) is 11.1. The molecule has 25 heteroatoms. The molecule has 1 aliphatic heterocycles. The summed E-state index contributed by atoms with van der Waals surface area (Å²) in [6.07, 6.45) is 0.491. The molecule has 0 aliphatic carbocycles. The van der Waals surface area contributed by atoms with E-state index in [1.54, 1.807) is 16.7 Å². The number of nitrogen functional groups attached to an aromatic ring is 1. The van der Waals surface area contributed by atoms with Crippen LogP contribution >= 0.6 is 11.3 Å². The van der Waals surface area contributed by atoms with Crippen LogP contribution in [0, 0.1) is 5.92 Å². The van der Waals surface area contributed by atoms with E-state index in [0.717, 1.165) is 24.3 Å². The van der Waals surface area contributed by atoms with Crippen LogP contribution in [0.3, 0.4) is 0 Å². The van der Waals surface area contributed by atoms with Gasteiger partial charge in [-0.1, -0.05) is 5.16 Å². The third kappa shape index (κ3) is 11.1. The highest BCUT2D eigenvalue weighted by Gasteiger charge is 2.57. The van der Waals surface area contributed by atoms with Gasteiger partial charge < -0.3 is 35.8 Å². The van der Waals surface area contributed by atoms with Gasteiger partial charge in [0.15, 0.2) is 16.6 Å². The van der Waals surface area contributed by atoms with Gasteiger partial charge in [0.1, 0.15) is 30.4 Å². The summed E-state index contributed by atoms with van der Waals surface area (Å²) >= 11 is 0.973. The Balaban J connectivity index is 0.000000944. The van der Waals surface area contributed by atoms with E-state index in [9.17, 15) is 45.6 Å². The van der Waals surface area contributed by atoms with Gasteiger partial charge in [-0.3, -0.25) is 9.59 Å². The van der Waals surface area contributed by atoms with Crippen LogP contribution < -0.4 is 20.8 Å². The van der Waals surface area contributed by atoms with Crippen molar-refractivity contribution in [2.75, 3.05) is 18.9 Å². The highest BCUT2D eigenvalue weighted by atomic mass is 32.3. The van der Waals surface area contributed by atoms with Crippen LogP contribution in [0.4, 0.5) is 18.3 Å². The number of aryl methyl sites for hydroxylation is 1. The highest BCUT2D eigenvalue weighted by Crippen LogP contribution is 2.40. The van der Waals surface area contributed by atoms with E-state index in [2.05, 4.69) is 19.4 Å². The average molecular weight is 781 g/mol. The number of nitrogens with two attached hydrogens (primary N) is 2. The molecule has 0 saturated carbocycles. The molecule has 3 aromatic heterocycles. The number of carboxylic acid groups (broad SMARTS) is 2. The van der Waals surface area contributed by atoms with Crippen molar-refractivity contribution < 1.29 is 74.0 Å². The number of Topliss-reactive ketones (excluding diaryl/α,β-unsaturated/α-hetero) is 1. The van der Waals surface area contributed by atoms with Gasteiger partial charge in [0.05, 0.1) is 24.2 Å². The molecule has 0 radical (unpaired) electrons. The van der Waals surface area contributed by atoms with Crippen molar-refractivity contribution in [3.8, 4) is 11.6 Å². The minimum absolute atomic E-state index is 0.0403. The molecule has 0 spiro atoms. The summed E-state index contributed by atoms with van der Waals surface area (Å²) in [5, 5.41) is 22.4. The number of β-lactam (4-membered cyclic amide) rings is 1. The number of alkyl halides is 3. The third-order valence-corrected chi connectivity index (χ3v) is 7.95. The molecule has 20 nitrogen and oxygen atoms in total. The number of oxime groups is 1. The van der Waals surface area contributed by atoms with Gasteiger partial charge in [0.25, 0.3) is 12.0 Å². The number of amides is 1. The summed E-state index contributed by atoms with van der Waals surface area (Å²) < 4.78 is 78.2. The summed E-state index contributed by atoms with van der Waals surface area (Å²) in [5.74, 6) is -6.21. The molecule has 1 saturated heterocycles. The molecule has 284 valence electrons. The van der Waals surface area contributed by atoms with Crippen molar-refractivity contribution in [2.24, 2.45) is 16.8 Å². The number of imidazole rings is 1. The summed E-state index contributed by atoms with van der Waals surface area (Å²) in [5.41, 5.74) is 9.41. The zero-order valence-electron chi connectivity index (χ0n) is 27.0. The van der Waals surface area contributed by atoms with E-state index < -0.39 is 76.5 Å². The fourth-order valence-corrected chi connectivity index (χ4v) is 5.26. The van der Waals surface area contributed by atoms with Gasteiger partial charge in [0, 0.05) is 17.9 Å². The SMILES string of the molecule is CC1(C)[C@H](CC(=O)/C(=N\OC(COc2ccc(-n3cc[n+](CCCN)c3)nc2)C(=O)O)c2csc(N)n2)C(=O)N1OS(=O)(=O)[O-].O=C(O)C(F)(F)F. The molecule has 4 rings (SSSR count). The number of hydrogen-bond donors (Lipinski definition) is 4. The molecule has 1 unspecified atom stereocenters. The zero-order chi connectivity index (χ0) is 39.0. The number of carboxylic acids is 2. The lowest BCUT2D eigenvalue weighted by Gasteiger charge is -2.51. The van der Waals surface area contributed by atoms with Crippen LogP contribution in [0.25, 0.3) is 5.82 Å². The Morgan fingerprint density at radius 1 is 1.25 bits per heavy atom. The van der Waals surface area contributed by atoms with Gasteiger partial charge in [-0.25, -0.2) is 32.5 Å². The number of pyridine rings is 1. The maximum Gasteiger partial charge on any atom is 0.490 e. The molecule has 6 N–H and O–H groups in total. The molecule has 3 aromatic rings. The Kier molecular flexibility index (Phi) is 13.3. The highest BCUT2D eigenvalue weighted by molar-refractivity contribution is 7.80. The molecular formula is C27H31F3N8O12S2. The predicted molar refractivity (Wildman–Crippen MR) is 167 cm³/mol. The van der Waals surface area contributed by atoms with Gasteiger partial charge >= 0.3 is 18.1 Å².